The maximum atomic E-state index is 11.0. The Morgan fingerprint density at radius 3 is 3.18 bits per heavy atom. The van der Waals surface area contributed by atoms with E-state index in [1.54, 1.807) is 0 Å². The van der Waals surface area contributed by atoms with Gasteiger partial charge in [0.15, 0.2) is 0 Å². The first-order valence-corrected chi connectivity index (χ1v) is 3.43. The lowest BCUT2D eigenvalue weighted by molar-refractivity contribution is -0.132. The van der Waals surface area contributed by atoms with E-state index in [2.05, 4.69) is 10.5 Å². The van der Waals surface area contributed by atoms with Crippen molar-refractivity contribution in [3.05, 3.63) is 0 Å². The van der Waals surface area contributed by atoms with Gasteiger partial charge in [0.2, 0.25) is 5.91 Å². The van der Waals surface area contributed by atoms with Crippen molar-refractivity contribution < 1.29 is 9.59 Å². The molecule has 1 fully saturated rings. The Morgan fingerprint density at radius 2 is 2.45 bits per heavy atom. The Balaban J connectivity index is 2.30. The van der Waals surface area contributed by atoms with Gasteiger partial charge in [-0.3, -0.25) is 14.5 Å². The van der Waals surface area contributed by atoms with Crippen LogP contribution in [0.2, 0.25) is 0 Å². The van der Waals surface area contributed by atoms with Crippen LogP contribution in [0, 0.1) is 0 Å². The van der Waals surface area contributed by atoms with Crippen molar-refractivity contribution in [2.45, 2.75) is 18.9 Å². The van der Waals surface area contributed by atoms with E-state index in [0.717, 1.165) is 0 Å². The highest BCUT2D eigenvalue weighted by atomic mass is 16.2. The molecule has 0 aromatic rings. The molecular weight excluding hydrogens is 146 g/mol. The van der Waals surface area contributed by atoms with Gasteiger partial charge < -0.3 is 0 Å². The number of hydrogen-bond donors (Lipinski definition) is 1. The largest absolute Gasteiger partial charge is 0.289 e. The third kappa shape index (κ3) is 0.806. The predicted molar refractivity (Wildman–Crippen MR) is 36.5 cm³/mol. The van der Waals surface area contributed by atoms with Gasteiger partial charge in [-0.25, -0.2) is 5.43 Å². The minimum Gasteiger partial charge on any atom is -0.289 e. The van der Waals surface area contributed by atoms with E-state index in [1.807, 2.05) is 0 Å². The van der Waals surface area contributed by atoms with Crippen molar-refractivity contribution in [1.29, 1.82) is 0 Å². The minimum absolute atomic E-state index is 0.0198. The first-order chi connectivity index (χ1) is 5.29. The third-order valence-electron chi connectivity index (χ3n) is 1.91. The summed E-state index contributed by atoms with van der Waals surface area (Å²) < 4.78 is 0. The molecule has 2 aliphatic heterocycles. The summed E-state index contributed by atoms with van der Waals surface area (Å²) in [4.78, 5) is 23.4. The zero-order chi connectivity index (χ0) is 7.84. The molecule has 0 aromatic carbocycles. The van der Waals surface area contributed by atoms with Crippen LogP contribution in [0.4, 0.5) is 0 Å². The fourth-order valence-corrected chi connectivity index (χ4v) is 1.33. The molecular formula is C6H7N3O2. The van der Waals surface area contributed by atoms with Gasteiger partial charge in [-0.05, 0) is 6.42 Å². The molecule has 2 rings (SSSR count). The molecule has 11 heavy (non-hydrogen) atoms. The van der Waals surface area contributed by atoms with Crippen molar-refractivity contribution >= 4 is 18.2 Å². The third-order valence-corrected chi connectivity index (χ3v) is 1.91. The number of fused-ring (bicyclic) bond motifs is 1. The summed E-state index contributed by atoms with van der Waals surface area (Å²) in [5.41, 5.74) is 2.31. The van der Waals surface area contributed by atoms with Crippen LogP contribution in [-0.2, 0) is 9.59 Å². The first-order valence-electron chi connectivity index (χ1n) is 3.43. The van der Waals surface area contributed by atoms with Crippen LogP contribution < -0.4 is 5.43 Å². The zero-order valence-electron chi connectivity index (χ0n) is 5.78. The summed E-state index contributed by atoms with van der Waals surface area (Å²) in [6.45, 7) is 0. The summed E-state index contributed by atoms with van der Waals surface area (Å²) in [5, 5.41) is 3.53. The van der Waals surface area contributed by atoms with Crippen molar-refractivity contribution in [3.8, 4) is 0 Å². The Morgan fingerprint density at radius 1 is 1.64 bits per heavy atom. The number of carbonyl (C=O) groups is 2. The standard InChI is InChI=1S/C6H7N3O2/c10-5-2-1-4-6(11)8-7-3-9(4)5/h3-4H,1-2H2,(H,8,11)/t4-/m0/s1. The molecule has 1 N–H and O–H groups in total. The van der Waals surface area contributed by atoms with Crippen LogP contribution in [0.1, 0.15) is 12.8 Å². The summed E-state index contributed by atoms with van der Waals surface area (Å²) >= 11 is 0. The lowest BCUT2D eigenvalue weighted by atomic mass is 10.2. The molecule has 0 bridgehead atoms. The number of hydrazone groups is 1. The minimum atomic E-state index is -0.306. The summed E-state index contributed by atoms with van der Waals surface area (Å²) in [6.07, 6.45) is 2.43. The molecule has 0 saturated carbocycles. The van der Waals surface area contributed by atoms with Gasteiger partial charge in [0.1, 0.15) is 12.4 Å². The molecule has 0 radical (unpaired) electrons. The predicted octanol–water partition coefficient (Wildman–Crippen LogP) is -0.950. The average molecular weight is 153 g/mol. The van der Waals surface area contributed by atoms with E-state index < -0.39 is 0 Å². The summed E-state index contributed by atoms with van der Waals surface area (Å²) in [6, 6.07) is -0.306. The van der Waals surface area contributed by atoms with Gasteiger partial charge >= 0.3 is 0 Å². The van der Waals surface area contributed by atoms with E-state index in [0.29, 0.717) is 12.8 Å². The van der Waals surface area contributed by atoms with Crippen LogP contribution in [0.3, 0.4) is 0 Å². The number of carbonyl (C=O) groups excluding carboxylic acids is 2. The van der Waals surface area contributed by atoms with Crippen LogP contribution in [0.15, 0.2) is 5.10 Å². The van der Waals surface area contributed by atoms with Crippen molar-refractivity contribution in [1.82, 2.24) is 10.3 Å². The van der Waals surface area contributed by atoms with Crippen molar-refractivity contribution in [3.63, 3.8) is 0 Å². The summed E-state index contributed by atoms with van der Waals surface area (Å²) in [5.74, 6) is -0.202. The number of nitrogens with zero attached hydrogens (tertiary/aromatic N) is 2. The molecule has 0 aliphatic carbocycles. The number of rotatable bonds is 0. The molecule has 2 amide bonds. The zero-order valence-corrected chi connectivity index (χ0v) is 5.78. The molecule has 2 heterocycles. The Bertz CT molecular complexity index is 248. The quantitative estimate of drug-likeness (QED) is 0.487. The Hall–Kier alpha value is -1.39. The fourth-order valence-electron chi connectivity index (χ4n) is 1.33. The highest BCUT2D eigenvalue weighted by Crippen LogP contribution is 2.18. The Kier molecular flexibility index (Phi) is 1.18. The lowest BCUT2D eigenvalue weighted by Gasteiger charge is -2.21. The van der Waals surface area contributed by atoms with Crippen LogP contribution in [0.25, 0.3) is 0 Å². The maximum Gasteiger partial charge on any atom is 0.263 e. The number of hydrogen-bond acceptors (Lipinski definition) is 3. The molecule has 0 aromatic heterocycles. The van der Waals surface area contributed by atoms with E-state index >= 15 is 0 Å². The highest BCUT2D eigenvalue weighted by Gasteiger charge is 2.36. The fraction of sp³-hybridized carbons (Fsp3) is 0.500. The second kappa shape index (κ2) is 2.05. The van der Waals surface area contributed by atoms with E-state index in [-0.39, 0.29) is 17.9 Å². The van der Waals surface area contributed by atoms with Crippen LogP contribution in [-0.4, -0.2) is 29.1 Å². The van der Waals surface area contributed by atoms with Gasteiger partial charge in [0, 0.05) is 6.42 Å². The smallest absolute Gasteiger partial charge is 0.263 e. The van der Waals surface area contributed by atoms with Gasteiger partial charge in [-0.2, -0.15) is 5.10 Å². The molecule has 0 unspecified atom stereocenters. The average Bonchev–Trinajstić information content (AvgIpc) is 2.35. The Labute approximate surface area is 63.1 Å². The van der Waals surface area contributed by atoms with Gasteiger partial charge in [-0.15, -0.1) is 0 Å². The monoisotopic (exact) mass is 153 g/mol. The van der Waals surface area contributed by atoms with Crippen LogP contribution in [0.5, 0.6) is 0 Å². The summed E-state index contributed by atoms with van der Waals surface area (Å²) in [7, 11) is 0. The van der Waals surface area contributed by atoms with Crippen LogP contribution >= 0.6 is 0 Å². The second-order valence-electron chi connectivity index (χ2n) is 2.58. The van der Waals surface area contributed by atoms with Gasteiger partial charge in [-0.1, -0.05) is 0 Å². The van der Waals surface area contributed by atoms with Gasteiger partial charge in [0.05, 0.1) is 0 Å². The molecule has 5 heteroatoms. The maximum absolute atomic E-state index is 11.0. The van der Waals surface area contributed by atoms with E-state index in [4.69, 9.17) is 0 Å². The molecule has 58 valence electrons. The number of amides is 2. The molecule has 5 nitrogen and oxygen atoms in total. The van der Waals surface area contributed by atoms with E-state index in [1.165, 1.54) is 11.2 Å². The van der Waals surface area contributed by atoms with E-state index in [9.17, 15) is 9.59 Å². The lowest BCUT2D eigenvalue weighted by Crippen LogP contribution is -2.46. The number of nitrogens with one attached hydrogen (secondary N) is 1. The molecule has 1 atom stereocenters. The van der Waals surface area contributed by atoms with Crippen molar-refractivity contribution in [2.24, 2.45) is 5.10 Å². The van der Waals surface area contributed by atoms with Crippen molar-refractivity contribution in [2.75, 3.05) is 0 Å². The molecule has 0 spiro atoms. The first kappa shape index (κ1) is 6.33. The normalized spacial score (nSPS) is 28.7. The molecule has 2 aliphatic rings. The highest BCUT2D eigenvalue weighted by molar-refractivity contribution is 5.99. The topological polar surface area (TPSA) is 61.8 Å². The molecule has 1 saturated heterocycles. The van der Waals surface area contributed by atoms with Gasteiger partial charge in [0.25, 0.3) is 5.91 Å². The SMILES string of the molecule is O=C1NN=CN2C(=O)CC[C@@H]12. The second-order valence-corrected chi connectivity index (χ2v) is 2.58.